The summed E-state index contributed by atoms with van der Waals surface area (Å²) in [6, 6.07) is 13.4. The Morgan fingerprint density at radius 2 is 1.70 bits per heavy atom. The van der Waals surface area contributed by atoms with E-state index in [-0.39, 0.29) is 10.8 Å². The first-order valence-electron chi connectivity index (χ1n) is 11.9. The number of aryl methyl sites for hydroxylation is 1. The fraction of sp³-hybridized carbons (Fsp3) is 0.423. The molecule has 6 nitrogen and oxygen atoms in total. The zero-order valence-corrected chi connectivity index (χ0v) is 19.9. The summed E-state index contributed by atoms with van der Waals surface area (Å²) in [5.74, 6) is 0.334. The number of benzene rings is 2. The van der Waals surface area contributed by atoms with Gasteiger partial charge in [0, 0.05) is 48.8 Å². The van der Waals surface area contributed by atoms with Gasteiger partial charge in [-0.2, -0.15) is 4.31 Å². The second kappa shape index (κ2) is 8.95. The number of sulfonamides is 1. The molecule has 33 heavy (non-hydrogen) atoms. The molecule has 1 amide bonds. The molecule has 3 heterocycles. The molecule has 0 aliphatic carbocycles. The molecule has 1 aromatic heterocycles. The molecule has 0 atom stereocenters. The predicted molar refractivity (Wildman–Crippen MR) is 130 cm³/mol. The number of para-hydroxylation sites is 1. The molecule has 2 aliphatic heterocycles. The summed E-state index contributed by atoms with van der Waals surface area (Å²) in [4.78, 5) is 18.8. The van der Waals surface area contributed by atoms with Gasteiger partial charge in [-0.25, -0.2) is 8.42 Å². The van der Waals surface area contributed by atoms with Crippen LogP contribution in [-0.2, 0) is 10.0 Å². The van der Waals surface area contributed by atoms with Gasteiger partial charge in [-0.15, -0.1) is 0 Å². The molecule has 0 radical (unpaired) electrons. The molecule has 0 saturated carbocycles. The summed E-state index contributed by atoms with van der Waals surface area (Å²) in [6.45, 7) is 4.26. The molecular weight excluding hydrogens is 434 g/mol. The SMILES string of the molecule is Cc1ccc(C(=O)N2CCC(c3c[nH]c4ccccc34)CC2)cc1S(=O)(=O)N1CCCCC1. The number of rotatable bonds is 4. The van der Waals surface area contributed by atoms with Crippen LogP contribution >= 0.6 is 0 Å². The van der Waals surface area contributed by atoms with Crippen molar-refractivity contribution in [2.75, 3.05) is 26.2 Å². The molecule has 2 aromatic carbocycles. The van der Waals surface area contributed by atoms with Crippen molar-refractivity contribution in [2.24, 2.45) is 0 Å². The van der Waals surface area contributed by atoms with Crippen LogP contribution in [-0.4, -0.2) is 54.7 Å². The van der Waals surface area contributed by atoms with Gasteiger partial charge < -0.3 is 9.88 Å². The van der Waals surface area contributed by atoms with Crippen molar-refractivity contribution in [1.82, 2.24) is 14.2 Å². The van der Waals surface area contributed by atoms with E-state index >= 15 is 0 Å². The quantitative estimate of drug-likeness (QED) is 0.608. The summed E-state index contributed by atoms with van der Waals surface area (Å²) in [6.07, 6.45) is 6.75. The smallest absolute Gasteiger partial charge is 0.253 e. The van der Waals surface area contributed by atoms with Crippen LogP contribution in [0, 0.1) is 6.92 Å². The molecule has 2 saturated heterocycles. The third-order valence-corrected chi connectivity index (χ3v) is 9.25. The van der Waals surface area contributed by atoms with E-state index in [0.29, 0.717) is 43.2 Å². The monoisotopic (exact) mass is 465 g/mol. The average molecular weight is 466 g/mol. The Morgan fingerprint density at radius 3 is 2.45 bits per heavy atom. The summed E-state index contributed by atoms with van der Waals surface area (Å²) in [5, 5.41) is 1.26. The van der Waals surface area contributed by atoms with Crippen LogP contribution in [0.3, 0.4) is 0 Å². The predicted octanol–water partition coefficient (Wildman–Crippen LogP) is 4.67. The lowest BCUT2D eigenvalue weighted by atomic mass is 9.89. The van der Waals surface area contributed by atoms with Crippen LogP contribution in [0.1, 0.15) is 59.5 Å². The van der Waals surface area contributed by atoms with Crippen LogP contribution < -0.4 is 0 Å². The van der Waals surface area contributed by atoms with Gasteiger partial charge in [-0.1, -0.05) is 30.7 Å². The number of piperidine rings is 2. The number of carbonyl (C=O) groups excluding carboxylic acids is 1. The molecule has 0 spiro atoms. The van der Waals surface area contributed by atoms with Crippen LogP contribution in [0.25, 0.3) is 10.9 Å². The summed E-state index contributed by atoms with van der Waals surface area (Å²) in [7, 11) is -3.58. The van der Waals surface area contributed by atoms with Gasteiger partial charge in [-0.05, 0) is 67.9 Å². The Labute approximate surface area is 195 Å². The van der Waals surface area contributed by atoms with Crippen LogP contribution in [0.2, 0.25) is 0 Å². The topological polar surface area (TPSA) is 73.5 Å². The number of hydrogen-bond acceptors (Lipinski definition) is 3. The third kappa shape index (κ3) is 4.20. The van der Waals surface area contributed by atoms with E-state index in [2.05, 4.69) is 29.4 Å². The Bertz CT molecular complexity index is 1270. The standard InChI is InChI=1S/C26H31N3O3S/c1-19-9-10-21(17-25(19)33(31,32)29-13-5-2-6-14-29)26(30)28-15-11-20(12-16-28)23-18-27-24-8-4-3-7-22(23)24/h3-4,7-10,17-18,20,27H,2,5-6,11-16H2,1H3. The molecule has 7 heteroatoms. The number of aromatic nitrogens is 1. The van der Waals surface area contributed by atoms with E-state index in [4.69, 9.17) is 0 Å². The normalized spacial score (nSPS) is 18.6. The molecule has 5 rings (SSSR count). The highest BCUT2D eigenvalue weighted by Crippen LogP contribution is 2.34. The molecule has 0 unspecified atom stereocenters. The number of amides is 1. The summed E-state index contributed by atoms with van der Waals surface area (Å²) >= 11 is 0. The second-order valence-corrected chi connectivity index (χ2v) is 11.2. The van der Waals surface area contributed by atoms with Gasteiger partial charge in [0.15, 0.2) is 0 Å². The van der Waals surface area contributed by atoms with Crippen LogP contribution in [0.15, 0.2) is 53.6 Å². The number of likely N-dealkylation sites (tertiary alicyclic amines) is 1. The van der Waals surface area contributed by atoms with Crippen molar-refractivity contribution in [3.8, 4) is 0 Å². The van der Waals surface area contributed by atoms with E-state index in [1.165, 1.54) is 10.9 Å². The van der Waals surface area contributed by atoms with Gasteiger partial charge in [0.05, 0.1) is 4.90 Å². The number of nitrogens with one attached hydrogen (secondary N) is 1. The van der Waals surface area contributed by atoms with Crippen molar-refractivity contribution in [3.63, 3.8) is 0 Å². The largest absolute Gasteiger partial charge is 0.361 e. The minimum atomic E-state index is -3.58. The fourth-order valence-electron chi connectivity index (χ4n) is 5.26. The number of carbonyl (C=O) groups is 1. The van der Waals surface area contributed by atoms with E-state index in [1.807, 2.05) is 11.0 Å². The zero-order chi connectivity index (χ0) is 23.0. The van der Waals surface area contributed by atoms with Crippen molar-refractivity contribution in [1.29, 1.82) is 0 Å². The Hall–Kier alpha value is -2.64. The molecule has 1 N–H and O–H groups in total. The third-order valence-electron chi connectivity index (χ3n) is 7.21. The maximum Gasteiger partial charge on any atom is 0.253 e. The first-order valence-corrected chi connectivity index (χ1v) is 13.4. The maximum atomic E-state index is 13.3. The molecular formula is C26H31N3O3S. The molecule has 3 aromatic rings. The van der Waals surface area contributed by atoms with Gasteiger partial charge in [0.1, 0.15) is 0 Å². The lowest BCUT2D eigenvalue weighted by Gasteiger charge is -2.32. The van der Waals surface area contributed by atoms with E-state index in [1.54, 1.807) is 29.4 Å². The highest BCUT2D eigenvalue weighted by Gasteiger charge is 2.30. The molecule has 2 fully saturated rings. The van der Waals surface area contributed by atoms with Gasteiger partial charge in [-0.3, -0.25) is 4.79 Å². The molecule has 0 bridgehead atoms. The second-order valence-electron chi connectivity index (χ2n) is 9.30. The fourth-order valence-corrected chi connectivity index (χ4v) is 7.03. The Morgan fingerprint density at radius 1 is 0.970 bits per heavy atom. The van der Waals surface area contributed by atoms with Gasteiger partial charge in [0.2, 0.25) is 10.0 Å². The lowest BCUT2D eigenvalue weighted by Crippen LogP contribution is -2.38. The minimum absolute atomic E-state index is 0.0810. The van der Waals surface area contributed by atoms with E-state index in [0.717, 1.165) is 37.6 Å². The number of nitrogens with zero attached hydrogens (tertiary/aromatic N) is 2. The Kier molecular flexibility index (Phi) is 6.01. The van der Waals surface area contributed by atoms with Crippen molar-refractivity contribution in [2.45, 2.75) is 49.8 Å². The lowest BCUT2D eigenvalue weighted by molar-refractivity contribution is 0.0713. The maximum absolute atomic E-state index is 13.3. The minimum Gasteiger partial charge on any atom is -0.361 e. The van der Waals surface area contributed by atoms with Crippen molar-refractivity contribution < 1.29 is 13.2 Å². The highest BCUT2D eigenvalue weighted by atomic mass is 32.2. The van der Waals surface area contributed by atoms with Gasteiger partial charge in [0.25, 0.3) is 5.91 Å². The number of aromatic amines is 1. The number of hydrogen-bond donors (Lipinski definition) is 1. The molecule has 174 valence electrons. The zero-order valence-electron chi connectivity index (χ0n) is 19.1. The first kappa shape index (κ1) is 22.2. The number of H-pyrrole nitrogens is 1. The number of fused-ring (bicyclic) bond motifs is 1. The van der Waals surface area contributed by atoms with Gasteiger partial charge >= 0.3 is 0 Å². The van der Waals surface area contributed by atoms with Crippen LogP contribution in [0.5, 0.6) is 0 Å². The van der Waals surface area contributed by atoms with Crippen molar-refractivity contribution in [3.05, 3.63) is 65.4 Å². The van der Waals surface area contributed by atoms with Crippen LogP contribution in [0.4, 0.5) is 0 Å². The summed E-state index contributed by atoms with van der Waals surface area (Å²) in [5.41, 5.74) is 3.62. The Balaban J connectivity index is 1.32. The van der Waals surface area contributed by atoms with Crippen molar-refractivity contribution >= 4 is 26.8 Å². The average Bonchev–Trinajstić information content (AvgIpc) is 3.29. The van der Waals surface area contributed by atoms with E-state index < -0.39 is 10.0 Å². The van der Waals surface area contributed by atoms with E-state index in [9.17, 15) is 13.2 Å². The summed E-state index contributed by atoms with van der Waals surface area (Å²) < 4.78 is 28.0. The highest BCUT2D eigenvalue weighted by molar-refractivity contribution is 7.89. The first-order chi connectivity index (χ1) is 15.9. The molecule has 2 aliphatic rings.